The Morgan fingerprint density at radius 1 is 0.490 bits per heavy atom. The van der Waals surface area contributed by atoms with Gasteiger partial charge >= 0.3 is 20.2 Å². The predicted octanol–water partition coefficient (Wildman–Crippen LogP) is 18.1. The van der Waals surface area contributed by atoms with Gasteiger partial charge in [-0.2, -0.15) is 10.2 Å². The van der Waals surface area contributed by atoms with Crippen molar-refractivity contribution in [3.8, 4) is 33.5 Å². The van der Waals surface area contributed by atoms with E-state index >= 15 is 0 Å². The normalized spacial score (nSPS) is 15.2. The number of nitrogens with one attached hydrogen (secondary N) is 4. The van der Waals surface area contributed by atoms with Gasteiger partial charge < -0.3 is 65.1 Å². The molecule has 15 rings (SSSR count). The number of hydrogen-bond acceptors (Lipinski definition) is 24. The van der Waals surface area contributed by atoms with Crippen molar-refractivity contribution < 1.29 is 63.0 Å². The molecule has 31 nitrogen and oxygen atoms in total. The van der Waals surface area contributed by atoms with Crippen LogP contribution in [0.5, 0.6) is 0 Å². The van der Waals surface area contributed by atoms with Crippen LogP contribution in [-0.2, 0) is 53.6 Å². The van der Waals surface area contributed by atoms with E-state index in [2.05, 4.69) is 154 Å². The number of nitrogens with two attached hydrogens (primary N) is 1. The highest BCUT2D eigenvalue weighted by atomic mass is 127. The number of aromatic carboxylic acids is 1. The summed E-state index contributed by atoms with van der Waals surface area (Å²) in [5.74, 6) is 0.623. The highest BCUT2D eigenvalue weighted by molar-refractivity contribution is 14.1. The van der Waals surface area contributed by atoms with Gasteiger partial charge in [0.25, 0.3) is 23.3 Å². The average Bonchev–Trinajstić information content (AvgIpc) is 1.61. The quantitative estimate of drug-likeness (QED) is 0.0323. The topological polar surface area (TPSA) is 394 Å². The minimum Gasteiger partial charge on any atom is -0.478 e. The number of nitrogens with zero attached hydrogens (tertiary/aromatic N) is 13. The number of alkyl halides is 1. The molecule has 770 valence electrons. The standard InChI is InChI=1S/C27H30N6O2.C23H25BrN4O2.C17H17BrINO2.C12H20BN3O2.C10H17BN2O2.C8H6BrIO2.C8H12N2O.CH3F/c1-16-9-17(2)23(25(34)10-16)15-28-26(35)22-12-19(20-13-29-27(30-14-20)32(4)5)11-21(18(22)3)24-7-8-31-33(24)6;1-13-6-14(2)19(21(29)7-13)12-25-22(30)18-8-16(9-20(24)15(18)3)17-10-26-23(27-11-17)28(4)5;1-9-4-10(2)14(16(21)5-9)8-20-17(22)13-6-12(19)7-15(18)11(13)3;1-11(2)12(3,4)18-13(17-11)9-7-14-10(15-8-9)16(5)6;1-9(2)10(3,4)15-11(14-9)8-6-7-12-13(8)5;1-4-6(8(11)12)2-5(10)3-7(4)9;1-5-3-6(2)10-8(11)7(5)4-9;1-2/h7-9,11-14H,10,15H2,1-6H3,(H,28,35);6,8-11H,7,12H2,1-5H3,(H,25,30);4,6-7H,5,8H2,1-3H3,(H,20,22);7-8H,1-6H3;6-7H,1-5H3;2-3H,1H3,(H,11,12);3H,4,9H2,1-2H3,(H,10,11);1H3/i;;;;;;;1D. The number of allylic oxidation sites excluding steroid dienone is 9. The SMILES string of the molecule is CC1=CC(C)=C(CNC(=O)c2cc(-c3cnc(N(C)C)nc3)cc(-c3ccnn3C)c2C)C(=O)C1.CC1=CC(C)=C(CNC(=O)c2cc(-c3cnc(N(C)C)nc3)cc(Br)c2C)C(=O)C1.CC1=CC(C)=C(CNC(=O)c2cc(I)cc(Br)c2C)C(=O)C1.CN(C)c1ncc(B2OC(C)(C)C(C)(C)O2)cn1.Cc1c(Br)cc(I)cc1C(=O)O.Cc1cc(C)c(CN)c(=O)[nH]1.Cn1nccc1B1OC(C)(C)C(C)(C)O1.[2H]CF. The maximum atomic E-state index is 13.4. The van der Waals surface area contributed by atoms with Gasteiger partial charge in [-0.05, 0) is 306 Å². The molecule has 8 heterocycles. The average molecular weight is 2400 g/mol. The van der Waals surface area contributed by atoms with Crippen LogP contribution in [0.1, 0.15) is 198 Å². The Kier molecular flexibility index (Phi) is 42.2. The molecule has 145 heavy (non-hydrogen) atoms. The highest BCUT2D eigenvalue weighted by Gasteiger charge is 2.54. The lowest BCUT2D eigenvalue weighted by molar-refractivity contribution is -0.116. The number of amides is 3. The van der Waals surface area contributed by atoms with Crippen LogP contribution < -0.4 is 53.0 Å². The van der Waals surface area contributed by atoms with Gasteiger partial charge in [0.1, 0.15) is 0 Å². The van der Waals surface area contributed by atoms with Gasteiger partial charge in [0.2, 0.25) is 17.8 Å². The molecule has 2 saturated heterocycles. The van der Waals surface area contributed by atoms with Crippen molar-refractivity contribution in [1.29, 1.82) is 0 Å². The molecule has 2 aliphatic heterocycles. The van der Waals surface area contributed by atoms with E-state index in [4.69, 9.17) is 30.8 Å². The van der Waals surface area contributed by atoms with Gasteiger partial charge in [0, 0.05) is 239 Å². The summed E-state index contributed by atoms with van der Waals surface area (Å²) in [6.45, 7) is 40.1. The molecule has 0 bridgehead atoms. The fraction of sp³-hybridized carbons (Fsp3) is 0.377. The number of carbonyl (C=O) groups is 7. The molecule has 0 radical (unpaired) electrons. The molecule has 0 atom stereocenters. The summed E-state index contributed by atoms with van der Waals surface area (Å²) in [6, 6.07) is 20.8. The van der Waals surface area contributed by atoms with Crippen molar-refractivity contribution in [1.82, 2.24) is 70.4 Å². The van der Waals surface area contributed by atoms with Crippen LogP contribution in [0.15, 0.2) is 203 Å². The van der Waals surface area contributed by atoms with Crippen LogP contribution in [0.4, 0.5) is 22.2 Å². The number of H-pyrrole nitrogens is 1. The van der Waals surface area contributed by atoms with Crippen molar-refractivity contribution in [2.45, 2.75) is 187 Å². The number of aromatic nitrogens is 11. The Morgan fingerprint density at radius 3 is 1.17 bits per heavy atom. The summed E-state index contributed by atoms with van der Waals surface area (Å²) < 4.78 is 47.2. The minimum atomic E-state index is -1.00. The molecule has 6 aromatic heterocycles. The van der Waals surface area contributed by atoms with Crippen LogP contribution in [0, 0.1) is 48.7 Å². The summed E-state index contributed by atoms with van der Waals surface area (Å²) in [5, 5.41) is 25.9. The number of rotatable bonds is 19. The van der Waals surface area contributed by atoms with E-state index in [1.54, 1.807) is 71.9 Å². The number of aromatic amines is 1. The molecule has 2 fully saturated rings. The van der Waals surface area contributed by atoms with Gasteiger partial charge in [-0.25, -0.2) is 34.7 Å². The van der Waals surface area contributed by atoms with E-state index in [0.29, 0.717) is 88.2 Å². The van der Waals surface area contributed by atoms with Crippen molar-refractivity contribution in [2.75, 3.05) is 83.8 Å². The monoisotopic (exact) mass is 2400 g/mol. The molecule has 39 heteroatoms. The molecule has 3 aliphatic carbocycles. The third-order valence-corrected chi connectivity index (χ3v) is 28.9. The van der Waals surface area contributed by atoms with Crippen LogP contribution in [0.3, 0.4) is 0 Å². The molecule has 4 aromatic carbocycles. The molecule has 0 saturated carbocycles. The third kappa shape index (κ3) is 31.3. The predicted molar refractivity (Wildman–Crippen MR) is 601 cm³/mol. The number of anilines is 3. The maximum Gasteiger partial charge on any atom is 0.514 e. The van der Waals surface area contributed by atoms with Crippen LogP contribution in [-0.4, -0.2) is 206 Å². The fourth-order valence-corrected chi connectivity index (χ4v) is 18.9. The van der Waals surface area contributed by atoms with Crippen molar-refractivity contribution in [2.24, 2.45) is 19.8 Å². The van der Waals surface area contributed by atoms with Gasteiger partial charge in [-0.15, -0.1) is 0 Å². The molecule has 0 spiro atoms. The largest absolute Gasteiger partial charge is 0.514 e. The van der Waals surface area contributed by atoms with Gasteiger partial charge in [-0.1, -0.05) is 82.7 Å². The van der Waals surface area contributed by atoms with Crippen molar-refractivity contribution in [3.05, 3.63) is 277 Å². The third-order valence-electron chi connectivity index (χ3n) is 25.2. The number of carbonyl (C=O) groups excluding carboxylic acids is 6. The fourth-order valence-electron chi connectivity index (χ4n) is 15.4. The number of carboxylic acids is 1. The van der Waals surface area contributed by atoms with Crippen LogP contribution in [0.2, 0.25) is 0 Å². The molecule has 7 N–H and O–H groups in total. The Bertz CT molecular complexity index is 6750. The summed E-state index contributed by atoms with van der Waals surface area (Å²) in [6.07, 6.45) is 21.2. The maximum absolute atomic E-state index is 13.4. The molecule has 5 aliphatic rings. The second kappa shape index (κ2) is 52.0. The number of carboxylic acid groups (broad SMARTS) is 1. The molecular formula is C106H130B2Br3FI2N18O13. The first-order valence-electron chi connectivity index (χ1n) is 47.0. The first-order valence-corrected chi connectivity index (χ1v) is 50.9. The summed E-state index contributed by atoms with van der Waals surface area (Å²) in [7, 11) is 13.4. The summed E-state index contributed by atoms with van der Waals surface area (Å²) >= 11 is 14.6. The smallest absolute Gasteiger partial charge is 0.478 e. The van der Waals surface area contributed by atoms with E-state index in [9.17, 15) is 42.7 Å². The zero-order valence-electron chi connectivity index (χ0n) is 88.5. The van der Waals surface area contributed by atoms with Crippen molar-refractivity contribution >= 4 is 177 Å². The first kappa shape index (κ1) is 118. The second-order valence-corrected chi connectivity index (χ2v) is 43.2. The van der Waals surface area contributed by atoms with Crippen LogP contribution >= 0.6 is 93.0 Å². The Labute approximate surface area is 903 Å². The Hall–Kier alpha value is -11.0. The van der Waals surface area contributed by atoms with E-state index in [1.165, 1.54) is 0 Å². The lowest BCUT2D eigenvalue weighted by Gasteiger charge is -2.32. The number of halogens is 6. The molecule has 3 amide bonds. The molecule has 10 aromatic rings. The zero-order chi connectivity index (χ0) is 109. The second-order valence-electron chi connectivity index (χ2n) is 38.1. The van der Waals surface area contributed by atoms with E-state index in [0.717, 1.165) is 132 Å². The first-order chi connectivity index (χ1) is 68.3. The number of aryl methyl sites for hydroxylation is 4. The lowest BCUT2D eigenvalue weighted by Crippen LogP contribution is -2.41. The molecule has 0 unspecified atom stereocenters. The highest BCUT2D eigenvalue weighted by Crippen LogP contribution is 2.40. The number of hydrogen-bond donors (Lipinski definition) is 6. The Balaban J connectivity index is 0.000000214. The van der Waals surface area contributed by atoms with Gasteiger partial charge in [-0.3, -0.25) is 47.3 Å². The lowest BCUT2D eigenvalue weighted by atomic mass is 9.81. The Morgan fingerprint density at radius 2 is 0.828 bits per heavy atom. The number of benzene rings is 4. The van der Waals surface area contributed by atoms with E-state index < -0.39 is 20.2 Å². The zero-order valence-corrected chi connectivity index (χ0v) is 96.6. The van der Waals surface area contributed by atoms with Gasteiger partial charge in [0.05, 0.1) is 47.8 Å². The van der Waals surface area contributed by atoms with E-state index in [-0.39, 0.29) is 89.8 Å². The van der Waals surface area contributed by atoms with E-state index in [1.807, 2.05) is 282 Å². The van der Waals surface area contributed by atoms with Gasteiger partial charge in [0.15, 0.2) is 17.3 Å². The van der Waals surface area contributed by atoms with Crippen LogP contribution in [0.25, 0.3) is 33.5 Å². The number of Topliss-reactive ketones (excluding diaryl/α,β-unsaturated/α-hetero) is 3. The minimum absolute atomic E-state index is 0.0574. The molecular weight excluding hydrogens is 2270 g/mol. The number of pyridine rings is 1. The number of ketones is 3. The summed E-state index contributed by atoms with van der Waals surface area (Å²) in [5.41, 5.74) is 26.8. The summed E-state index contributed by atoms with van der Waals surface area (Å²) in [4.78, 5) is 132. The van der Waals surface area contributed by atoms with Crippen molar-refractivity contribution in [3.63, 3.8) is 0 Å².